The highest BCUT2D eigenvalue weighted by atomic mass is 79.9. The Kier molecular flexibility index (Phi) is 5.23. The predicted molar refractivity (Wildman–Crippen MR) is 84.8 cm³/mol. The minimum absolute atomic E-state index is 0.260. The molecule has 0 aliphatic rings. The van der Waals surface area contributed by atoms with E-state index in [1.54, 1.807) is 11.8 Å². The third-order valence-corrected chi connectivity index (χ3v) is 4.56. The summed E-state index contributed by atoms with van der Waals surface area (Å²) in [6, 6.07) is 16.1. The minimum Gasteiger partial charge on any atom is -0.298 e. The smallest absolute Gasteiger partial charge is 0.147 e. The van der Waals surface area contributed by atoms with Gasteiger partial charge in [0.15, 0.2) is 0 Å². The molecule has 0 heterocycles. The summed E-state index contributed by atoms with van der Waals surface area (Å²) in [5.74, 6) is 0.788. The minimum atomic E-state index is 0.260. The summed E-state index contributed by atoms with van der Waals surface area (Å²) < 4.78 is 1.04. The van der Waals surface area contributed by atoms with Crippen LogP contribution in [0.25, 0.3) is 0 Å². The van der Waals surface area contributed by atoms with E-state index in [0.717, 1.165) is 10.0 Å². The van der Waals surface area contributed by atoms with E-state index < -0.39 is 0 Å². The maximum atomic E-state index is 11.9. The van der Waals surface area contributed by atoms with Crippen LogP contribution in [-0.4, -0.2) is 11.5 Å². The van der Waals surface area contributed by atoms with Crippen molar-refractivity contribution in [2.75, 3.05) is 5.75 Å². The molecule has 2 aromatic carbocycles. The molecule has 0 fully saturated rings. The zero-order valence-electron chi connectivity index (χ0n) is 10.7. The van der Waals surface area contributed by atoms with Gasteiger partial charge in [0.05, 0.1) is 5.75 Å². The average molecular weight is 335 g/mol. The molecule has 0 amide bonds. The van der Waals surface area contributed by atoms with Crippen LogP contribution in [0.2, 0.25) is 0 Å². The summed E-state index contributed by atoms with van der Waals surface area (Å²) in [7, 11) is 0. The predicted octanol–water partition coefficient (Wildman–Crippen LogP) is 4.66. The van der Waals surface area contributed by atoms with Crippen LogP contribution in [0.4, 0.5) is 0 Å². The van der Waals surface area contributed by atoms with Crippen LogP contribution in [0.1, 0.15) is 11.1 Å². The van der Waals surface area contributed by atoms with Gasteiger partial charge in [-0.3, -0.25) is 4.79 Å². The zero-order valence-corrected chi connectivity index (χ0v) is 13.1. The van der Waals surface area contributed by atoms with Crippen LogP contribution in [0, 0.1) is 6.92 Å². The Bertz CT molecular complexity index is 563. The molecule has 0 unspecified atom stereocenters. The van der Waals surface area contributed by atoms with Gasteiger partial charge in [0, 0.05) is 15.8 Å². The first-order valence-corrected chi connectivity index (χ1v) is 7.87. The number of Topliss-reactive ketones (excluding diaryl/α,β-unsaturated/α-hetero) is 1. The number of aryl methyl sites for hydroxylation is 1. The Morgan fingerprint density at radius 2 is 1.79 bits per heavy atom. The van der Waals surface area contributed by atoms with Crippen molar-refractivity contribution in [1.82, 2.24) is 0 Å². The molecule has 0 saturated heterocycles. The van der Waals surface area contributed by atoms with Crippen molar-refractivity contribution < 1.29 is 4.79 Å². The number of hydrogen-bond donors (Lipinski definition) is 0. The Morgan fingerprint density at radius 1 is 1.11 bits per heavy atom. The molecule has 0 aliphatic heterocycles. The Labute approximate surface area is 126 Å². The molecule has 1 nitrogen and oxygen atoms in total. The standard InChI is InChI=1S/C16H15BrOS/c1-12-4-2-3-5-16(12)19-11-15(18)10-13-6-8-14(17)9-7-13/h2-9H,10-11H2,1H3. The second-order valence-electron chi connectivity index (χ2n) is 4.40. The van der Waals surface area contributed by atoms with E-state index in [-0.39, 0.29) is 5.78 Å². The van der Waals surface area contributed by atoms with Gasteiger partial charge >= 0.3 is 0 Å². The second kappa shape index (κ2) is 6.92. The molecular formula is C16H15BrOS. The topological polar surface area (TPSA) is 17.1 Å². The van der Waals surface area contributed by atoms with Gasteiger partial charge < -0.3 is 0 Å². The van der Waals surface area contributed by atoms with Crippen LogP contribution in [-0.2, 0) is 11.2 Å². The van der Waals surface area contributed by atoms with Gasteiger partial charge in [-0.05, 0) is 36.2 Å². The van der Waals surface area contributed by atoms with Gasteiger partial charge in [-0.2, -0.15) is 0 Å². The highest BCUT2D eigenvalue weighted by Gasteiger charge is 2.06. The van der Waals surface area contributed by atoms with Gasteiger partial charge in [-0.25, -0.2) is 0 Å². The zero-order chi connectivity index (χ0) is 13.7. The van der Waals surface area contributed by atoms with Crippen molar-refractivity contribution in [3.05, 3.63) is 64.1 Å². The SMILES string of the molecule is Cc1ccccc1SCC(=O)Cc1ccc(Br)cc1. The quantitative estimate of drug-likeness (QED) is 0.739. The Balaban J connectivity index is 1.88. The maximum Gasteiger partial charge on any atom is 0.147 e. The van der Waals surface area contributed by atoms with E-state index in [9.17, 15) is 4.79 Å². The number of thioether (sulfide) groups is 1. The molecule has 0 saturated carbocycles. The highest BCUT2D eigenvalue weighted by Crippen LogP contribution is 2.22. The van der Waals surface area contributed by atoms with Crippen LogP contribution in [0.15, 0.2) is 57.9 Å². The van der Waals surface area contributed by atoms with Gasteiger partial charge in [0.25, 0.3) is 0 Å². The molecule has 2 rings (SSSR count). The average Bonchev–Trinajstić information content (AvgIpc) is 2.40. The molecule has 98 valence electrons. The largest absolute Gasteiger partial charge is 0.298 e. The molecule has 2 aromatic rings. The van der Waals surface area contributed by atoms with Crippen LogP contribution in [0.3, 0.4) is 0 Å². The summed E-state index contributed by atoms with van der Waals surface area (Å²) in [6.45, 7) is 2.07. The number of ketones is 1. The number of carbonyl (C=O) groups is 1. The molecule has 19 heavy (non-hydrogen) atoms. The summed E-state index contributed by atoms with van der Waals surface area (Å²) >= 11 is 5.01. The first-order chi connectivity index (χ1) is 9.15. The molecule has 0 radical (unpaired) electrons. The summed E-state index contributed by atoms with van der Waals surface area (Å²) in [5.41, 5.74) is 2.29. The van der Waals surface area contributed by atoms with Crippen LogP contribution in [0.5, 0.6) is 0 Å². The highest BCUT2D eigenvalue weighted by molar-refractivity contribution is 9.10. The lowest BCUT2D eigenvalue weighted by atomic mass is 10.1. The lowest BCUT2D eigenvalue weighted by molar-refractivity contribution is -0.116. The first-order valence-electron chi connectivity index (χ1n) is 6.10. The van der Waals surface area contributed by atoms with Crippen molar-refractivity contribution in [2.45, 2.75) is 18.2 Å². The number of carbonyl (C=O) groups excluding carboxylic acids is 1. The van der Waals surface area contributed by atoms with Crippen molar-refractivity contribution in [2.24, 2.45) is 0 Å². The Morgan fingerprint density at radius 3 is 2.47 bits per heavy atom. The van der Waals surface area contributed by atoms with E-state index in [0.29, 0.717) is 12.2 Å². The van der Waals surface area contributed by atoms with Gasteiger partial charge in [0.2, 0.25) is 0 Å². The molecular weight excluding hydrogens is 320 g/mol. The van der Waals surface area contributed by atoms with Crippen LogP contribution < -0.4 is 0 Å². The van der Waals surface area contributed by atoms with E-state index in [1.807, 2.05) is 36.4 Å². The number of halogens is 1. The van der Waals surface area contributed by atoms with Crippen molar-refractivity contribution >= 4 is 33.5 Å². The lowest BCUT2D eigenvalue weighted by Gasteiger charge is -2.05. The fraction of sp³-hybridized carbons (Fsp3) is 0.188. The molecule has 0 aromatic heterocycles. The van der Waals surface area contributed by atoms with Crippen LogP contribution >= 0.6 is 27.7 Å². The molecule has 0 spiro atoms. The molecule has 0 N–H and O–H groups in total. The summed E-state index contributed by atoms with van der Waals surface area (Å²) in [6.07, 6.45) is 0.506. The van der Waals surface area contributed by atoms with E-state index in [2.05, 4.69) is 35.0 Å². The summed E-state index contributed by atoms with van der Waals surface area (Å²) in [5, 5.41) is 0. The van der Waals surface area contributed by atoms with E-state index in [1.165, 1.54) is 10.5 Å². The first kappa shape index (κ1) is 14.4. The van der Waals surface area contributed by atoms with Gasteiger partial charge in [-0.1, -0.05) is 46.3 Å². The monoisotopic (exact) mass is 334 g/mol. The normalized spacial score (nSPS) is 10.4. The third-order valence-electron chi connectivity index (χ3n) is 2.80. The van der Waals surface area contributed by atoms with Crippen molar-refractivity contribution in [3.8, 4) is 0 Å². The molecule has 0 aliphatic carbocycles. The third kappa shape index (κ3) is 4.51. The number of hydrogen-bond acceptors (Lipinski definition) is 2. The second-order valence-corrected chi connectivity index (χ2v) is 6.33. The van der Waals surface area contributed by atoms with Gasteiger partial charge in [-0.15, -0.1) is 11.8 Å². The fourth-order valence-corrected chi connectivity index (χ4v) is 2.91. The summed E-state index contributed by atoms with van der Waals surface area (Å²) in [4.78, 5) is 13.1. The number of benzene rings is 2. The van der Waals surface area contributed by atoms with Crippen molar-refractivity contribution in [1.29, 1.82) is 0 Å². The molecule has 3 heteroatoms. The van der Waals surface area contributed by atoms with E-state index in [4.69, 9.17) is 0 Å². The number of rotatable bonds is 5. The van der Waals surface area contributed by atoms with E-state index >= 15 is 0 Å². The Hall–Kier alpha value is -1.06. The molecule has 0 bridgehead atoms. The van der Waals surface area contributed by atoms with Gasteiger partial charge in [0.1, 0.15) is 5.78 Å². The fourth-order valence-electron chi connectivity index (χ4n) is 1.76. The lowest BCUT2D eigenvalue weighted by Crippen LogP contribution is -2.05. The molecule has 0 atom stereocenters. The maximum absolute atomic E-state index is 11.9. The van der Waals surface area contributed by atoms with Crippen molar-refractivity contribution in [3.63, 3.8) is 0 Å².